The number of benzene rings is 2. The van der Waals surface area contributed by atoms with Crippen molar-refractivity contribution in [1.29, 1.82) is 0 Å². The molecule has 0 bridgehead atoms. The number of rotatable bonds is 6. The summed E-state index contributed by atoms with van der Waals surface area (Å²) in [6.45, 7) is 4.16. The number of nitrogens with zero attached hydrogens (tertiary/aromatic N) is 6. The molecule has 0 spiro atoms. The predicted octanol–water partition coefficient (Wildman–Crippen LogP) is 3.21. The van der Waals surface area contributed by atoms with Crippen LogP contribution in [0.15, 0.2) is 48.8 Å². The Morgan fingerprint density at radius 1 is 1.20 bits per heavy atom. The molecule has 2 aromatic heterocycles. The van der Waals surface area contributed by atoms with Crippen molar-refractivity contribution < 1.29 is 9.18 Å². The van der Waals surface area contributed by atoms with Crippen molar-refractivity contribution in [2.24, 2.45) is 13.0 Å². The first-order chi connectivity index (χ1) is 14.4. The summed E-state index contributed by atoms with van der Waals surface area (Å²) in [6, 6.07) is 11.4. The molecule has 4 rings (SSSR count). The molecule has 0 aliphatic carbocycles. The summed E-state index contributed by atoms with van der Waals surface area (Å²) in [5.41, 5.74) is 2.38. The minimum atomic E-state index is -0.514. The highest BCUT2D eigenvalue weighted by Gasteiger charge is 2.24. The molecule has 154 valence electrons. The van der Waals surface area contributed by atoms with Crippen molar-refractivity contribution in [2.75, 3.05) is 0 Å². The number of halogens is 1. The molecule has 0 fully saturated rings. The van der Waals surface area contributed by atoms with Crippen LogP contribution in [0, 0.1) is 11.7 Å². The molecular formula is C21H22FN7O. The number of para-hydroxylation sites is 2. The number of aromatic nitrogens is 6. The molecule has 0 aliphatic rings. The Kier molecular flexibility index (Phi) is 5.26. The molecule has 0 aliphatic heterocycles. The van der Waals surface area contributed by atoms with Crippen molar-refractivity contribution in [2.45, 2.75) is 26.3 Å². The lowest BCUT2D eigenvalue weighted by Crippen LogP contribution is -2.32. The largest absolute Gasteiger partial charge is 0.342 e. The van der Waals surface area contributed by atoms with Gasteiger partial charge in [0.15, 0.2) is 0 Å². The number of imidazole rings is 1. The number of aryl methyl sites for hydroxylation is 1. The van der Waals surface area contributed by atoms with Crippen LogP contribution < -0.4 is 5.32 Å². The monoisotopic (exact) mass is 407 g/mol. The van der Waals surface area contributed by atoms with E-state index in [2.05, 4.69) is 34.7 Å². The van der Waals surface area contributed by atoms with Crippen LogP contribution in [-0.2, 0) is 7.05 Å². The summed E-state index contributed by atoms with van der Waals surface area (Å²) >= 11 is 0. The van der Waals surface area contributed by atoms with Crippen LogP contribution in [-0.4, -0.2) is 35.7 Å². The second-order valence-corrected chi connectivity index (χ2v) is 7.59. The molecule has 0 saturated heterocycles. The Morgan fingerprint density at radius 3 is 2.70 bits per heavy atom. The second-order valence-electron chi connectivity index (χ2n) is 7.59. The minimum absolute atomic E-state index is 0.148. The maximum Gasteiger partial charge on any atom is 0.254 e. The van der Waals surface area contributed by atoms with Crippen LogP contribution in [0.25, 0.3) is 16.7 Å². The van der Waals surface area contributed by atoms with Crippen molar-refractivity contribution in [3.8, 4) is 5.69 Å². The summed E-state index contributed by atoms with van der Waals surface area (Å²) < 4.78 is 17.3. The topological polar surface area (TPSA) is 90.5 Å². The fraction of sp³-hybridized carbons (Fsp3) is 0.286. The quantitative estimate of drug-likeness (QED) is 0.530. The first-order valence-corrected chi connectivity index (χ1v) is 9.69. The van der Waals surface area contributed by atoms with Gasteiger partial charge in [0.1, 0.15) is 18.0 Å². The highest BCUT2D eigenvalue weighted by Crippen LogP contribution is 2.25. The van der Waals surface area contributed by atoms with E-state index in [1.165, 1.54) is 29.2 Å². The summed E-state index contributed by atoms with van der Waals surface area (Å²) in [5.74, 6) is 0.123. The van der Waals surface area contributed by atoms with Gasteiger partial charge in [-0.15, -0.1) is 5.10 Å². The van der Waals surface area contributed by atoms with Gasteiger partial charge in [-0.25, -0.2) is 9.37 Å². The molecular weight excluding hydrogens is 385 g/mol. The van der Waals surface area contributed by atoms with E-state index in [9.17, 15) is 9.18 Å². The maximum absolute atomic E-state index is 14.0. The van der Waals surface area contributed by atoms with Crippen LogP contribution in [0.2, 0.25) is 0 Å². The SMILES string of the molecule is CC(C)CC(NC(=O)c1cc(F)ccc1-n1cnnn1)c1nc2ccccc2n1C. The maximum atomic E-state index is 14.0. The zero-order valence-corrected chi connectivity index (χ0v) is 17.0. The van der Waals surface area contributed by atoms with Gasteiger partial charge in [0.25, 0.3) is 5.91 Å². The van der Waals surface area contributed by atoms with Gasteiger partial charge in [0, 0.05) is 7.05 Å². The number of hydrogen-bond donors (Lipinski definition) is 1. The van der Waals surface area contributed by atoms with E-state index in [4.69, 9.17) is 4.98 Å². The van der Waals surface area contributed by atoms with E-state index < -0.39 is 11.7 Å². The predicted molar refractivity (Wildman–Crippen MR) is 109 cm³/mol. The summed E-state index contributed by atoms with van der Waals surface area (Å²) in [5, 5.41) is 14.1. The van der Waals surface area contributed by atoms with Gasteiger partial charge in [0.05, 0.1) is 28.3 Å². The second kappa shape index (κ2) is 8.02. The average Bonchev–Trinajstić information content (AvgIpc) is 3.36. The van der Waals surface area contributed by atoms with Gasteiger partial charge in [-0.3, -0.25) is 4.79 Å². The molecule has 2 heterocycles. The van der Waals surface area contributed by atoms with E-state index in [-0.39, 0.29) is 11.6 Å². The molecule has 9 heteroatoms. The third kappa shape index (κ3) is 3.78. The fourth-order valence-electron chi connectivity index (χ4n) is 3.57. The van der Waals surface area contributed by atoms with Crippen LogP contribution in [0.3, 0.4) is 0 Å². The van der Waals surface area contributed by atoms with E-state index in [0.717, 1.165) is 16.9 Å². The average molecular weight is 407 g/mol. The summed E-state index contributed by atoms with van der Waals surface area (Å²) in [4.78, 5) is 17.9. The van der Waals surface area contributed by atoms with Gasteiger partial charge >= 0.3 is 0 Å². The number of fused-ring (bicyclic) bond motifs is 1. The van der Waals surface area contributed by atoms with E-state index >= 15 is 0 Å². The number of tetrazole rings is 1. The van der Waals surface area contributed by atoms with Crippen LogP contribution in [0.5, 0.6) is 0 Å². The van der Waals surface area contributed by atoms with Crippen molar-refractivity contribution in [3.05, 3.63) is 66.0 Å². The summed E-state index contributed by atoms with van der Waals surface area (Å²) in [7, 11) is 1.93. The van der Waals surface area contributed by atoms with Gasteiger partial charge in [-0.05, 0) is 53.1 Å². The molecule has 1 unspecified atom stereocenters. The molecule has 30 heavy (non-hydrogen) atoms. The Hall–Kier alpha value is -3.62. The van der Waals surface area contributed by atoms with Crippen LogP contribution >= 0.6 is 0 Å². The Bertz CT molecular complexity index is 1180. The molecule has 1 atom stereocenters. The molecule has 1 N–H and O–H groups in total. The Morgan fingerprint density at radius 2 is 2.00 bits per heavy atom. The molecule has 0 saturated carbocycles. The Labute approximate surface area is 172 Å². The van der Waals surface area contributed by atoms with Gasteiger partial charge in [-0.2, -0.15) is 4.68 Å². The minimum Gasteiger partial charge on any atom is -0.342 e. The third-order valence-electron chi connectivity index (χ3n) is 4.94. The van der Waals surface area contributed by atoms with Gasteiger partial charge in [-0.1, -0.05) is 26.0 Å². The van der Waals surface area contributed by atoms with Gasteiger partial charge in [0.2, 0.25) is 0 Å². The number of carbonyl (C=O) groups excluding carboxylic acids is 1. The van der Waals surface area contributed by atoms with E-state index in [1.807, 2.05) is 35.9 Å². The molecule has 1 amide bonds. The van der Waals surface area contributed by atoms with Crippen molar-refractivity contribution in [3.63, 3.8) is 0 Å². The number of nitrogens with one attached hydrogen (secondary N) is 1. The molecule has 0 radical (unpaired) electrons. The first kappa shape index (κ1) is 19.7. The number of amides is 1. The van der Waals surface area contributed by atoms with E-state index in [1.54, 1.807) is 0 Å². The smallest absolute Gasteiger partial charge is 0.254 e. The van der Waals surface area contributed by atoms with E-state index in [0.29, 0.717) is 18.0 Å². The molecule has 4 aromatic rings. The Balaban J connectivity index is 1.72. The van der Waals surface area contributed by atoms with Crippen LogP contribution in [0.1, 0.15) is 42.5 Å². The number of hydrogen-bond acceptors (Lipinski definition) is 5. The fourth-order valence-corrected chi connectivity index (χ4v) is 3.57. The lowest BCUT2D eigenvalue weighted by molar-refractivity contribution is 0.0928. The highest BCUT2D eigenvalue weighted by molar-refractivity contribution is 5.98. The van der Waals surface area contributed by atoms with Gasteiger partial charge < -0.3 is 9.88 Å². The zero-order chi connectivity index (χ0) is 21.3. The molecule has 8 nitrogen and oxygen atoms in total. The standard InChI is InChI=1S/C21H22FN7O/c1-13(2)10-17(20-24-16-6-4-5-7-19(16)28(20)3)25-21(30)15-11-14(22)8-9-18(15)29-12-23-26-27-29/h4-9,11-13,17H,10H2,1-3H3,(H,25,30). The normalized spacial score (nSPS) is 12.4. The summed E-state index contributed by atoms with van der Waals surface area (Å²) in [6.07, 6.45) is 2.04. The number of carbonyl (C=O) groups is 1. The highest BCUT2D eigenvalue weighted by atomic mass is 19.1. The van der Waals surface area contributed by atoms with Crippen LogP contribution in [0.4, 0.5) is 4.39 Å². The first-order valence-electron chi connectivity index (χ1n) is 9.69. The van der Waals surface area contributed by atoms with Crippen molar-refractivity contribution in [1.82, 2.24) is 35.1 Å². The zero-order valence-electron chi connectivity index (χ0n) is 17.0. The van der Waals surface area contributed by atoms with Crippen molar-refractivity contribution >= 4 is 16.9 Å². The molecule has 2 aromatic carbocycles. The lowest BCUT2D eigenvalue weighted by Gasteiger charge is -2.21. The lowest BCUT2D eigenvalue weighted by atomic mass is 10.0. The third-order valence-corrected chi connectivity index (χ3v) is 4.94.